The zero-order valence-corrected chi connectivity index (χ0v) is 22.7. The highest BCUT2D eigenvalue weighted by Gasteiger charge is 2.25. The van der Waals surface area contributed by atoms with Gasteiger partial charge in [0.25, 0.3) is 5.91 Å². The van der Waals surface area contributed by atoms with Crippen LogP contribution in [0.2, 0.25) is 0 Å². The maximum atomic E-state index is 15.0. The fourth-order valence-electron chi connectivity index (χ4n) is 4.67. The fraction of sp³-hybridized carbons (Fsp3) is 0.226. The number of methoxy groups -OCH3 is 1. The van der Waals surface area contributed by atoms with Crippen molar-refractivity contribution >= 4 is 23.3 Å². The van der Waals surface area contributed by atoms with Crippen LogP contribution in [-0.2, 0) is 6.54 Å². The molecule has 1 aliphatic heterocycles. The molecule has 1 aliphatic rings. The highest BCUT2D eigenvalue weighted by atomic mass is 19.1. The number of nitrogens with zero attached hydrogens (tertiary/aromatic N) is 4. The number of carbonyl (C=O) groups excluding carboxylic acids is 1. The molecule has 40 heavy (non-hydrogen) atoms. The van der Waals surface area contributed by atoms with E-state index in [2.05, 4.69) is 15.6 Å². The normalized spacial score (nSPS) is 12.1. The molecule has 1 amide bonds. The summed E-state index contributed by atoms with van der Waals surface area (Å²) >= 11 is 0. The van der Waals surface area contributed by atoms with Crippen LogP contribution in [0.4, 0.5) is 16.0 Å². The summed E-state index contributed by atoms with van der Waals surface area (Å²) in [7, 11) is 5.28. The van der Waals surface area contributed by atoms with Crippen molar-refractivity contribution in [2.24, 2.45) is 4.99 Å². The lowest BCUT2D eigenvalue weighted by molar-refractivity contribution is 0.0793. The van der Waals surface area contributed by atoms with Crippen LogP contribution >= 0.6 is 0 Å². The molecule has 0 radical (unpaired) electrons. The van der Waals surface area contributed by atoms with Gasteiger partial charge in [0.05, 0.1) is 25.1 Å². The molecule has 2 heterocycles. The zero-order chi connectivity index (χ0) is 28.1. The standard InChI is InChI=1S/C31H31FN6O2/c1-33-14-7-15-38(2)30(39)20-12-13-24-26(16-20)29(25-10-4-5-11-27(25)32)34-18-21-19-35-31(37-28(21)24)36-22-8-6-9-23(17-22)40-3/h4-6,8-13,16-17,19,33H,7,14-15,18H2,1-3H3,(H,35,36,37). The number of carbonyl (C=O) groups is 1. The predicted molar refractivity (Wildman–Crippen MR) is 155 cm³/mol. The summed E-state index contributed by atoms with van der Waals surface area (Å²) in [5, 5.41) is 6.34. The maximum absolute atomic E-state index is 15.0. The first-order chi connectivity index (χ1) is 19.5. The second-order valence-corrected chi connectivity index (χ2v) is 9.51. The minimum absolute atomic E-state index is 0.112. The molecular formula is C31H31FN6O2. The molecule has 8 nitrogen and oxygen atoms in total. The summed E-state index contributed by atoms with van der Waals surface area (Å²) in [5.41, 5.74) is 4.98. The minimum Gasteiger partial charge on any atom is -0.497 e. The van der Waals surface area contributed by atoms with Gasteiger partial charge in [0, 0.05) is 59.4 Å². The first-order valence-corrected chi connectivity index (χ1v) is 13.1. The lowest BCUT2D eigenvalue weighted by Crippen LogP contribution is -2.29. The van der Waals surface area contributed by atoms with Gasteiger partial charge in [-0.1, -0.05) is 24.3 Å². The van der Waals surface area contributed by atoms with Crippen molar-refractivity contribution in [2.45, 2.75) is 13.0 Å². The van der Waals surface area contributed by atoms with Crippen LogP contribution < -0.4 is 15.4 Å². The first-order valence-electron chi connectivity index (χ1n) is 13.1. The van der Waals surface area contributed by atoms with Gasteiger partial charge in [0.1, 0.15) is 11.6 Å². The number of amides is 1. The van der Waals surface area contributed by atoms with Crippen molar-refractivity contribution < 1.29 is 13.9 Å². The van der Waals surface area contributed by atoms with Crippen LogP contribution in [-0.4, -0.2) is 60.8 Å². The third-order valence-electron chi connectivity index (χ3n) is 6.77. The Balaban J connectivity index is 1.58. The molecule has 2 N–H and O–H groups in total. The number of benzene rings is 3. The number of hydrogen-bond donors (Lipinski definition) is 2. The van der Waals surface area contributed by atoms with Crippen LogP contribution in [0.3, 0.4) is 0 Å². The molecule has 5 rings (SSSR count). The van der Waals surface area contributed by atoms with Crippen LogP contribution in [0.15, 0.2) is 77.9 Å². The number of ether oxygens (including phenoxy) is 1. The highest BCUT2D eigenvalue weighted by molar-refractivity contribution is 6.17. The Labute approximate surface area is 233 Å². The van der Waals surface area contributed by atoms with Crippen LogP contribution in [0, 0.1) is 5.82 Å². The Kier molecular flexibility index (Phi) is 8.12. The van der Waals surface area contributed by atoms with Crippen LogP contribution in [0.25, 0.3) is 11.3 Å². The number of anilines is 2. The van der Waals surface area contributed by atoms with E-state index in [-0.39, 0.29) is 18.3 Å². The van der Waals surface area contributed by atoms with Gasteiger partial charge in [-0.15, -0.1) is 0 Å². The molecule has 4 aromatic rings. The number of hydrogen-bond acceptors (Lipinski definition) is 7. The number of rotatable bonds is 9. The van der Waals surface area contributed by atoms with Crippen molar-refractivity contribution in [1.29, 1.82) is 0 Å². The van der Waals surface area contributed by atoms with E-state index < -0.39 is 0 Å². The Morgan fingerprint density at radius 3 is 2.70 bits per heavy atom. The quantitative estimate of drug-likeness (QED) is 0.289. The Hall–Kier alpha value is -4.63. The average molecular weight is 539 g/mol. The SMILES string of the molecule is CNCCCN(C)C(=O)c1ccc2c(c1)C(c1ccccc1F)=NCc1cnc(Nc3cccc(OC)c3)nc1-2. The van der Waals surface area contributed by atoms with E-state index in [1.807, 2.05) is 37.4 Å². The third kappa shape index (κ3) is 5.69. The summed E-state index contributed by atoms with van der Waals surface area (Å²) in [5.74, 6) is 0.614. The average Bonchev–Trinajstić information content (AvgIpc) is 3.13. The topological polar surface area (TPSA) is 91.7 Å². The smallest absolute Gasteiger partial charge is 0.253 e. The summed E-state index contributed by atoms with van der Waals surface area (Å²) in [6, 6.07) is 19.5. The Morgan fingerprint density at radius 1 is 1.05 bits per heavy atom. The van der Waals surface area contributed by atoms with E-state index in [0.717, 1.165) is 29.8 Å². The molecule has 0 saturated heterocycles. The maximum Gasteiger partial charge on any atom is 0.253 e. The summed E-state index contributed by atoms with van der Waals surface area (Å²) in [6.45, 7) is 1.69. The van der Waals surface area contributed by atoms with Gasteiger partial charge in [0.2, 0.25) is 5.95 Å². The number of halogens is 1. The van der Waals surface area contributed by atoms with Gasteiger partial charge in [-0.2, -0.15) is 0 Å². The van der Waals surface area contributed by atoms with Crippen LogP contribution in [0.5, 0.6) is 5.75 Å². The second kappa shape index (κ2) is 12.0. The van der Waals surface area contributed by atoms with E-state index in [9.17, 15) is 4.79 Å². The lowest BCUT2D eigenvalue weighted by atomic mass is 9.93. The van der Waals surface area contributed by atoms with E-state index in [0.29, 0.717) is 46.3 Å². The molecular weight excluding hydrogens is 507 g/mol. The zero-order valence-electron chi connectivity index (χ0n) is 22.7. The van der Waals surface area contributed by atoms with Crippen molar-refractivity contribution in [3.63, 3.8) is 0 Å². The van der Waals surface area contributed by atoms with Gasteiger partial charge in [-0.25, -0.2) is 14.4 Å². The monoisotopic (exact) mass is 538 g/mol. The summed E-state index contributed by atoms with van der Waals surface area (Å²) in [4.78, 5) is 29.2. The van der Waals surface area contributed by atoms with Gasteiger partial charge in [-0.3, -0.25) is 9.79 Å². The number of aromatic nitrogens is 2. The minimum atomic E-state index is -0.384. The van der Waals surface area contributed by atoms with E-state index >= 15 is 4.39 Å². The van der Waals surface area contributed by atoms with Gasteiger partial charge in [-0.05, 0) is 56.4 Å². The Morgan fingerprint density at radius 2 is 1.90 bits per heavy atom. The van der Waals surface area contributed by atoms with Gasteiger partial charge in [0.15, 0.2) is 0 Å². The van der Waals surface area contributed by atoms with Crippen LogP contribution in [0.1, 0.15) is 33.5 Å². The van der Waals surface area contributed by atoms with Crippen molar-refractivity contribution in [2.75, 3.05) is 39.6 Å². The van der Waals surface area contributed by atoms with E-state index in [1.54, 1.807) is 55.6 Å². The predicted octanol–water partition coefficient (Wildman–Crippen LogP) is 5.07. The largest absolute Gasteiger partial charge is 0.497 e. The molecule has 204 valence electrons. The van der Waals surface area contributed by atoms with E-state index in [4.69, 9.17) is 14.7 Å². The molecule has 0 aliphatic carbocycles. The molecule has 1 aromatic heterocycles. The molecule has 3 aromatic carbocycles. The first kappa shape index (κ1) is 27.0. The molecule has 0 spiro atoms. The Bertz CT molecular complexity index is 1570. The second-order valence-electron chi connectivity index (χ2n) is 9.51. The molecule has 0 fully saturated rings. The number of nitrogens with one attached hydrogen (secondary N) is 2. The highest BCUT2D eigenvalue weighted by Crippen LogP contribution is 2.34. The van der Waals surface area contributed by atoms with Crippen molar-refractivity contribution in [1.82, 2.24) is 20.2 Å². The third-order valence-corrected chi connectivity index (χ3v) is 6.77. The van der Waals surface area contributed by atoms with Gasteiger partial charge < -0.3 is 20.3 Å². The summed E-state index contributed by atoms with van der Waals surface area (Å²) in [6.07, 6.45) is 2.57. The molecule has 0 atom stereocenters. The summed E-state index contributed by atoms with van der Waals surface area (Å²) < 4.78 is 20.4. The van der Waals surface area contributed by atoms with Crippen molar-refractivity contribution in [3.8, 4) is 17.0 Å². The molecule has 0 saturated carbocycles. The van der Waals surface area contributed by atoms with Gasteiger partial charge >= 0.3 is 0 Å². The molecule has 0 unspecified atom stereocenters. The molecule has 0 bridgehead atoms. The van der Waals surface area contributed by atoms with E-state index in [1.165, 1.54) is 6.07 Å². The number of fused-ring (bicyclic) bond motifs is 3. The fourth-order valence-corrected chi connectivity index (χ4v) is 4.67. The number of aliphatic imine (C=N–C) groups is 1. The lowest BCUT2D eigenvalue weighted by Gasteiger charge is -2.19. The van der Waals surface area contributed by atoms with Crippen molar-refractivity contribution in [3.05, 3.63) is 101 Å². The molecule has 9 heteroatoms.